The summed E-state index contributed by atoms with van der Waals surface area (Å²) in [5.74, 6) is -1.19. The molecule has 0 saturated carbocycles. The molecule has 70 valence electrons. The first-order valence-electron chi connectivity index (χ1n) is 3.33. The maximum absolute atomic E-state index is 12.7. The Balaban J connectivity index is 2.89. The standard InChI is InChI=1S/C8H5F3O2/c9-7-3-6(13-8(10)11)2-1-5(7)4-12/h1-4,8H. The van der Waals surface area contributed by atoms with E-state index in [-0.39, 0.29) is 11.3 Å². The van der Waals surface area contributed by atoms with Crippen LogP contribution in [-0.4, -0.2) is 12.9 Å². The van der Waals surface area contributed by atoms with E-state index in [2.05, 4.69) is 4.74 Å². The van der Waals surface area contributed by atoms with Crippen molar-refractivity contribution in [1.29, 1.82) is 0 Å². The number of alkyl halides is 2. The third-order valence-electron chi connectivity index (χ3n) is 1.32. The van der Waals surface area contributed by atoms with Gasteiger partial charge in [-0.25, -0.2) is 4.39 Å². The molecule has 0 radical (unpaired) electrons. The molecule has 0 heterocycles. The van der Waals surface area contributed by atoms with Gasteiger partial charge in [-0.3, -0.25) is 4.79 Å². The van der Waals surface area contributed by atoms with Crippen LogP contribution in [0, 0.1) is 5.82 Å². The van der Waals surface area contributed by atoms with Crippen LogP contribution in [0.25, 0.3) is 0 Å². The van der Waals surface area contributed by atoms with Gasteiger partial charge in [0.25, 0.3) is 0 Å². The molecule has 0 atom stereocenters. The van der Waals surface area contributed by atoms with Gasteiger partial charge in [0.15, 0.2) is 6.29 Å². The van der Waals surface area contributed by atoms with Gasteiger partial charge < -0.3 is 4.74 Å². The molecule has 0 bridgehead atoms. The molecule has 0 fully saturated rings. The molecule has 1 rings (SSSR count). The monoisotopic (exact) mass is 190 g/mol. The zero-order valence-corrected chi connectivity index (χ0v) is 6.34. The van der Waals surface area contributed by atoms with Gasteiger partial charge in [-0.05, 0) is 12.1 Å². The van der Waals surface area contributed by atoms with Crippen LogP contribution in [0.1, 0.15) is 10.4 Å². The first kappa shape index (κ1) is 9.57. The number of carbonyl (C=O) groups is 1. The lowest BCUT2D eigenvalue weighted by atomic mass is 10.2. The summed E-state index contributed by atoms with van der Waals surface area (Å²) < 4.78 is 39.9. The van der Waals surface area contributed by atoms with E-state index in [1.54, 1.807) is 0 Å². The molecule has 5 heteroatoms. The Hall–Kier alpha value is -1.52. The molecule has 0 N–H and O–H groups in total. The Morgan fingerprint density at radius 3 is 2.54 bits per heavy atom. The molecule has 0 aliphatic carbocycles. The number of rotatable bonds is 3. The van der Waals surface area contributed by atoms with Gasteiger partial charge in [-0.15, -0.1) is 0 Å². The minimum Gasteiger partial charge on any atom is -0.435 e. The molecule has 0 spiro atoms. The molecular formula is C8H5F3O2. The second-order valence-corrected chi connectivity index (χ2v) is 2.18. The number of benzene rings is 1. The lowest BCUT2D eigenvalue weighted by molar-refractivity contribution is -0.0499. The molecule has 0 unspecified atom stereocenters. The Kier molecular flexibility index (Phi) is 2.89. The van der Waals surface area contributed by atoms with Crippen LogP contribution in [0.4, 0.5) is 13.2 Å². The van der Waals surface area contributed by atoms with Crippen LogP contribution in [-0.2, 0) is 0 Å². The summed E-state index contributed by atoms with van der Waals surface area (Å²) in [7, 11) is 0. The zero-order chi connectivity index (χ0) is 9.84. The number of ether oxygens (including phenoxy) is 1. The van der Waals surface area contributed by atoms with Crippen molar-refractivity contribution in [2.75, 3.05) is 0 Å². The maximum atomic E-state index is 12.7. The molecule has 13 heavy (non-hydrogen) atoms. The lowest BCUT2D eigenvalue weighted by Crippen LogP contribution is -2.02. The fraction of sp³-hybridized carbons (Fsp3) is 0.125. The predicted octanol–water partition coefficient (Wildman–Crippen LogP) is 2.24. The second kappa shape index (κ2) is 3.93. The average Bonchev–Trinajstić information content (AvgIpc) is 2.03. The van der Waals surface area contributed by atoms with Crippen LogP contribution in [0.2, 0.25) is 0 Å². The average molecular weight is 190 g/mol. The first-order valence-corrected chi connectivity index (χ1v) is 3.33. The predicted molar refractivity (Wildman–Crippen MR) is 38.4 cm³/mol. The van der Waals surface area contributed by atoms with Crippen molar-refractivity contribution in [2.45, 2.75) is 6.61 Å². The van der Waals surface area contributed by atoms with Gasteiger partial charge in [0.05, 0.1) is 5.56 Å². The summed E-state index contributed by atoms with van der Waals surface area (Å²) in [6.45, 7) is -3.00. The van der Waals surface area contributed by atoms with E-state index in [9.17, 15) is 18.0 Å². The van der Waals surface area contributed by atoms with Crippen LogP contribution >= 0.6 is 0 Å². The highest BCUT2D eigenvalue weighted by Gasteiger charge is 2.07. The minimum atomic E-state index is -3.00. The third kappa shape index (κ3) is 2.47. The Morgan fingerprint density at radius 2 is 2.08 bits per heavy atom. The van der Waals surface area contributed by atoms with Crippen LogP contribution in [0.3, 0.4) is 0 Å². The second-order valence-electron chi connectivity index (χ2n) is 2.18. The molecule has 2 nitrogen and oxygen atoms in total. The summed E-state index contributed by atoms with van der Waals surface area (Å²) in [6, 6.07) is 2.90. The lowest BCUT2D eigenvalue weighted by Gasteiger charge is -2.04. The molecule has 0 aliphatic heterocycles. The Labute approximate surface area is 71.9 Å². The van der Waals surface area contributed by atoms with Crippen molar-refractivity contribution in [3.8, 4) is 5.75 Å². The highest BCUT2D eigenvalue weighted by molar-refractivity contribution is 5.75. The van der Waals surface area contributed by atoms with E-state index in [0.29, 0.717) is 6.29 Å². The van der Waals surface area contributed by atoms with Crippen LogP contribution in [0.15, 0.2) is 18.2 Å². The van der Waals surface area contributed by atoms with E-state index in [1.807, 2.05) is 0 Å². The molecule has 1 aromatic carbocycles. The molecular weight excluding hydrogens is 185 g/mol. The van der Waals surface area contributed by atoms with Gasteiger partial charge in [0.1, 0.15) is 11.6 Å². The van der Waals surface area contributed by atoms with Gasteiger partial charge in [0, 0.05) is 6.07 Å². The highest BCUT2D eigenvalue weighted by atomic mass is 19.3. The Morgan fingerprint density at radius 1 is 1.38 bits per heavy atom. The number of carbonyl (C=O) groups excluding carboxylic acids is 1. The fourth-order valence-electron chi connectivity index (χ4n) is 0.780. The van der Waals surface area contributed by atoms with Gasteiger partial charge >= 0.3 is 6.61 Å². The van der Waals surface area contributed by atoms with Crippen molar-refractivity contribution in [3.05, 3.63) is 29.6 Å². The van der Waals surface area contributed by atoms with Crippen molar-refractivity contribution < 1.29 is 22.7 Å². The molecule has 0 aromatic heterocycles. The number of halogens is 3. The minimum absolute atomic E-state index is 0.193. The smallest absolute Gasteiger partial charge is 0.387 e. The van der Waals surface area contributed by atoms with Crippen molar-refractivity contribution in [3.63, 3.8) is 0 Å². The Bertz CT molecular complexity index is 312. The van der Waals surface area contributed by atoms with E-state index >= 15 is 0 Å². The molecule has 0 amide bonds. The van der Waals surface area contributed by atoms with Crippen molar-refractivity contribution >= 4 is 6.29 Å². The van der Waals surface area contributed by atoms with Crippen molar-refractivity contribution in [1.82, 2.24) is 0 Å². The van der Waals surface area contributed by atoms with Crippen LogP contribution < -0.4 is 4.74 Å². The fourth-order valence-corrected chi connectivity index (χ4v) is 0.780. The van der Waals surface area contributed by atoms with Gasteiger partial charge in [0.2, 0.25) is 0 Å². The van der Waals surface area contributed by atoms with E-state index in [1.165, 1.54) is 0 Å². The number of hydrogen-bond donors (Lipinski definition) is 0. The van der Waals surface area contributed by atoms with Gasteiger partial charge in [-0.2, -0.15) is 8.78 Å². The molecule has 0 aliphatic rings. The summed E-state index contributed by atoms with van der Waals surface area (Å²) in [6.07, 6.45) is 0.293. The van der Waals surface area contributed by atoms with Crippen molar-refractivity contribution in [2.24, 2.45) is 0 Å². The summed E-state index contributed by atoms with van der Waals surface area (Å²) in [5, 5.41) is 0. The number of aldehydes is 1. The summed E-state index contributed by atoms with van der Waals surface area (Å²) >= 11 is 0. The topological polar surface area (TPSA) is 26.3 Å². The van der Waals surface area contributed by atoms with E-state index < -0.39 is 12.4 Å². The highest BCUT2D eigenvalue weighted by Crippen LogP contribution is 2.17. The maximum Gasteiger partial charge on any atom is 0.387 e. The van der Waals surface area contributed by atoms with E-state index in [4.69, 9.17) is 0 Å². The SMILES string of the molecule is O=Cc1ccc(OC(F)F)cc1F. The normalized spacial score (nSPS) is 10.2. The molecule has 1 aromatic rings. The summed E-state index contributed by atoms with van der Waals surface area (Å²) in [5.41, 5.74) is -0.193. The summed E-state index contributed by atoms with van der Waals surface area (Å²) in [4.78, 5) is 10.1. The quantitative estimate of drug-likeness (QED) is 0.683. The zero-order valence-electron chi connectivity index (χ0n) is 6.34. The molecule has 0 saturated heterocycles. The third-order valence-corrected chi connectivity index (χ3v) is 1.32. The largest absolute Gasteiger partial charge is 0.435 e. The van der Waals surface area contributed by atoms with Crippen LogP contribution in [0.5, 0.6) is 5.75 Å². The van der Waals surface area contributed by atoms with Gasteiger partial charge in [-0.1, -0.05) is 0 Å². The van der Waals surface area contributed by atoms with E-state index in [0.717, 1.165) is 18.2 Å². The first-order chi connectivity index (χ1) is 6.13. The number of hydrogen-bond acceptors (Lipinski definition) is 2.